The van der Waals surface area contributed by atoms with Crippen molar-refractivity contribution >= 4 is 17.5 Å². The first-order valence-electron chi connectivity index (χ1n) is 9.02. The van der Waals surface area contributed by atoms with E-state index in [1.807, 2.05) is 48.5 Å². The van der Waals surface area contributed by atoms with E-state index in [4.69, 9.17) is 4.74 Å². The highest BCUT2D eigenvalue weighted by Gasteiger charge is 2.08. The molecule has 5 heteroatoms. The standard InChI is InChI=1S/C23H22N2O3/c1-24-22(26)14-17-10-12-20(13-11-17)25-23(27)19-8-5-9-21(15-19)28-16-18-6-3-2-4-7-18/h2-13,15H,14,16H2,1H3,(H,24,26)(H,25,27). The molecule has 2 amide bonds. The molecule has 0 saturated carbocycles. The van der Waals surface area contributed by atoms with Gasteiger partial charge in [-0.1, -0.05) is 48.5 Å². The van der Waals surface area contributed by atoms with Gasteiger partial charge in [-0.25, -0.2) is 0 Å². The number of carbonyl (C=O) groups excluding carboxylic acids is 2. The van der Waals surface area contributed by atoms with Crippen molar-refractivity contribution in [1.82, 2.24) is 5.32 Å². The maximum atomic E-state index is 12.5. The highest BCUT2D eigenvalue weighted by Crippen LogP contribution is 2.17. The molecule has 0 aliphatic rings. The van der Waals surface area contributed by atoms with Crippen LogP contribution in [0.1, 0.15) is 21.5 Å². The fourth-order valence-corrected chi connectivity index (χ4v) is 2.65. The van der Waals surface area contributed by atoms with Crippen molar-refractivity contribution in [2.45, 2.75) is 13.0 Å². The summed E-state index contributed by atoms with van der Waals surface area (Å²) in [4.78, 5) is 23.9. The second kappa shape index (κ2) is 9.37. The van der Waals surface area contributed by atoms with Gasteiger partial charge in [-0.15, -0.1) is 0 Å². The zero-order valence-corrected chi connectivity index (χ0v) is 15.6. The number of anilines is 1. The highest BCUT2D eigenvalue weighted by atomic mass is 16.5. The summed E-state index contributed by atoms with van der Waals surface area (Å²) in [5, 5.41) is 5.45. The number of ether oxygens (including phenoxy) is 1. The monoisotopic (exact) mass is 374 g/mol. The van der Waals surface area contributed by atoms with Crippen LogP contribution in [-0.2, 0) is 17.8 Å². The summed E-state index contributed by atoms with van der Waals surface area (Å²) in [5.74, 6) is 0.366. The Hall–Kier alpha value is -3.60. The van der Waals surface area contributed by atoms with E-state index in [0.29, 0.717) is 30.0 Å². The molecular weight excluding hydrogens is 352 g/mol. The normalized spacial score (nSPS) is 10.2. The van der Waals surface area contributed by atoms with Crippen LogP contribution in [0.25, 0.3) is 0 Å². The summed E-state index contributed by atoms with van der Waals surface area (Å²) in [7, 11) is 1.61. The summed E-state index contributed by atoms with van der Waals surface area (Å²) in [6.07, 6.45) is 0.311. The lowest BCUT2D eigenvalue weighted by Gasteiger charge is -2.09. The first kappa shape index (κ1) is 19.2. The van der Waals surface area contributed by atoms with Crippen LogP contribution in [0.2, 0.25) is 0 Å². The lowest BCUT2D eigenvalue weighted by Crippen LogP contribution is -2.19. The van der Waals surface area contributed by atoms with Gasteiger partial charge in [-0.2, -0.15) is 0 Å². The average Bonchev–Trinajstić information content (AvgIpc) is 2.74. The van der Waals surface area contributed by atoms with Crippen LogP contribution in [0.5, 0.6) is 5.75 Å². The molecule has 2 N–H and O–H groups in total. The third-order valence-electron chi connectivity index (χ3n) is 4.20. The van der Waals surface area contributed by atoms with Crippen LogP contribution in [0.4, 0.5) is 5.69 Å². The van der Waals surface area contributed by atoms with Crippen molar-refractivity contribution in [3.05, 3.63) is 95.6 Å². The minimum atomic E-state index is -0.218. The van der Waals surface area contributed by atoms with Gasteiger partial charge in [-0.05, 0) is 41.5 Å². The highest BCUT2D eigenvalue weighted by molar-refractivity contribution is 6.04. The molecule has 3 aromatic carbocycles. The van der Waals surface area contributed by atoms with Crippen molar-refractivity contribution < 1.29 is 14.3 Å². The van der Waals surface area contributed by atoms with Crippen molar-refractivity contribution in [2.24, 2.45) is 0 Å². The summed E-state index contributed by atoms with van der Waals surface area (Å²) >= 11 is 0. The molecule has 0 fully saturated rings. The van der Waals surface area contributed by atoms with E-state index in [9.17, 15) is 9.59 Å². The second-order valence-electron chi connectivity index (χ2n) is 6.30. The number of rotatable bonds is 7. The molecule has 0 aliphatic heterocycles. The minimum Gasteiger partial charge on any atom is -0.489 e. The Bertz CT molecular complexity index is 938. The number of amides is 2. The van der Waals surface area contributed by atoms with Gasteiger partial charge in [-0.3, -0.25) is 9.59 Å². The third kappa shape index (κ3) is 5.45. The number of nitrogens with one attached hydrogen (secondary N) is 2. The van der Waals surface area contributed by atoms with Gasteiger partial charge >= 0.3 is 0 Å². The smallest absolute Gasteiger partial charge is 0.255 e. The number of hydrogen-bond donors (Lipinski definition) is 2. The van der Waals surface area contributed by atoms with E-state index in [2.05, 4.69) is 10.6 Å². The van der Waals surface area contributed by atoms with E-state index in [-0.39, 0.29) is 11.8 Å². The van der Waals surface area contributed by atoms with Gasteiger partial charge in [0, 0.05) is 18.3 Å². The molecule has 0 atom stereocenters. The van der Waals surface area contributed by atoms with Gasteiger partial charge in [0.1, 0.15) is 12.4 Å². The molecule has 142 valence electrons. The van der Waals surface area contributed by atoms with Gasteiger partial charge in [0.2, 0.25) is 5.91 Å². The van der Waals surface area contributed by atoms with Crippen LogP contribution in [0, 0.1) is 0 Å². The molecule has 0 saturated heterocycles. The molecule has 0 heterocycles. The second-order valence-corrected chi connectivity index (χ2v) is 6.30. The molecule has 5 nitrogen and oxygen atoms in total. The summed E-state index contributed by atoms with van der Waals surface area (Å²) in [5.41, 5.74) is 3.13. The number of benzene rings is 3. The Morgan fingerprint density at radius 3 is 2.32 bits per heavy atom. The summed E-state index contributed by atoms with van der Waals surface area (Å²) in [6, 6.07) is 24.2. The first-order valence-corrected chi connectivity index (χ1v) is 9.02. The number of carbonyl (C=O) groups is 2. The molecule has 0 aliphatic carbocycles. The van der Waals surface area contributed by atoms with Crippen molar-refractivity contribution in [2.75, 3.05) is 12.4 Å². The Morgan fingerprint density at radius 2 is 1.61 bits per heavy atom. The summed E-state index contributed by atoms with van der Waals surface area (Å²) < 4.78 is 5.78. The van der Waals surface area contributed by atoms with Crippen molar-refractivity contribution in [1.29, 1.82) is 0 Å². The fraction of sp³-hybridized carbons (Fsp3) is 0.130. The summed E-state index contributed by atoms with van der Waals surface area (Å²) in [6.45, 7) is 0.443. The zero-order valence-electron chi connectivity index (χ0n) is 15.6. The van der Waals surface area contributed by atoms with Crippen molar-refractivity contribution in [3.63, 3.8) is 0 Å². The minimum absolute atomic E-state index is 0.0518. The molecule has 0 bridgehead atoms. The zero-order chi connectivity index (χ0) is 19.8. The van der Waals surface area contributed by atoms with Gasteiger partial charge < -0.3 is 15.4 Å². The quantitative estimate of drug-likeness (QED) is 0.661. The largest absolute Gasteiger partial charge is 0.489 e. The molecule has 3 aromatic rings. The topological polar surface area (TPSA) is 67.4 Å². The Balaban J connectivity index is 1.60. The molecular formula is C23H22N2O3. The van der Waals surface area contributed by atoms with Crippen LogP contribution in [0.15, 0.2) is 78.9 Å². The maximum Gasteiger partial charge on any atom is 0.255 e. The third-order valence-corrected chi connectivity index (χ3v) is 4.20. The molecule has 3 rings (SSSR count). The van der Waals surface area contributed by atoms with E-state index in [1.54, 1.807) is 37.4 Å². The van der Waals surface area contributed by atoms with Gasteiger partial charge in [0.05, 0.1) is 6.42 Å². The van der Waals surface area contributed by atoms with Crippen molar-refractivity contribution in [3.8, 4) is 5.75 Å². The molecule has 28 heavy (non-hydrogen) atoms. The maximum absolute atomic E-state index is 12.5. The van der Waals surface area contributed by atoms with Crippen LogP contribution < -0.4 is 15.4 Å². The predicted molar refractivity (Wildman–Crippen MR) is 109 cm³/mol. The van der Waals surface area contributed by atoms with Crippen LogP contribution in [-0.4, -0.2) is 18.9 Å². The molecule has 0 unspecified atom stereocenters. The Morgan fingerprint density at radius 1 is 0.857 bits per heavy atom. The molecule has 0 aromatic heterocycles. The van der Waals surface area contributed by atoms with Crippen LogP contribution in [0.3, 0.4) is 0 Å². The molecule has 0 spiro atoms. The van der Waals surface area contributed by atoms with Gasteiger partial charge in [0.15, 0.2) is 0 Å². The van der Waals surface area contributed by atoms with Gasteiger partial charge in [0.25, 0.3) is 5.91 Å². The Labute approximate surface area is 164 Å². The lowest BCUT2D eigenvalue weighted by molar-refractivity contribution is -0.119. The van der Waals surface area contributed by atoms with E-state index in [1.165, 1.54) is 0 Å². The van der Waals surface area contributed by atoms with Crippen LogP contribution >= 0.6 is 0 Å². The first-order chi connectivity index (χ1) is 13.6. The SMILES string of the molecule is CNC(=O)Cc1ccc(NC(=O)c2cccc(OCc3ccccc3)c2)cc1. The Kier molecular flexibility index (Phi) is 6.41. The lowest BCUT2D eigenvalue weighted by atomic mass is 10.1. The van der Waals surface area contributed by atoms with E-state index in [0.717, 1.165) is 11.1 Å². The fourth-order valence-electron chi connectivity index (χ4n) is 2.65. The molecule has 0 radical (unpaired) electrons. The average molecular weight is 374 g/mol. The van der Waals surface area contributed by atoms with E-state index < -0.39 is 0 Å². The predicted octanol–water partition coefficient (Wildman–Crippen LogP) is 3.81. The van der Waals surface area contributed by atoms with E-state index >= 15 is 0 Å². The number of likely N-dealkylation sites (N-methyl/N-ethyl adjacent to an activating group) is 1. The number of hydrogen-bond acceptors (Lipinski definition) is 3.